The van der Waals surface area contributed by atoms with Gasteiger partial charge in [0.1, 0.15) is 10.9 Å². The predicted octanol–water partition coefficient (Wildman–Crippen LogP) is 2.16. The van der Waals surface area contributed by atoms with Crippen LogP contribution in [0.15, 0.2) is 59.8 Å². The van der Waals surface area contributed by atoms with Crippen LogP contribution < -0.4 is 21.2 Å². The molecule has 0 aliphatic heterocycles. The van der Waals surface area contributed by atoms with Crippen LogP contribution in [0, 0.1) is 0 Å². The molecule has 1 aliphatic rings. The second kappa shape index (κ2) is 7.79. The average Bonchev–Trinajstić information content (AvgIpc) is 3.32. The summed E-state index contributed by atoms with van der Waals surface area (Å²) >= 11 is 0. The SMILES string of the molecule is Nc1c(C(=O)NCc2cccnc2)cc2c(=O)n3ccccc3nc2[n+]1C1CCCC1. The van der Waals surface area contributed by atoms with Crippen molar-refractivity contribution in [1.29, 1.82) is 0 Å². The lowest BCUT2D eigenvalue weighted by molar-refractivity contribution is -0.685. The number of aromatic nitrogens is 4. The normalized spacial score (nSPS) is 14.3. The highest BCUT2D eigenvalue weighted by molar-refractivity contribution is 6.00. The van der Waals surface area contributed by atoms with Crippen molar-refractivity contribution in [2.45, 2.75) is 38.3 Å². The molecule has 0 atom stereocenters. The molecule has 0 saturated heterocycles. The first kappa shape index (κ1) is 19.2. The van der Waals surface area contributed by atoms with Crippen LogP contribution in [0.1, 0.15) is 47.6 Å². The van der Waals surface area contributed by atoms with Gasteiger partial charge in [-0.25, -0.2) is 4.57 Å². The zero-order valence-corrected chi connectivity index (χ0v) is 17.0. The third kappa shape index (κ3) is 3.39. The van der Waals surface area contributed by atoms with Gasteiger partial charge in [0, 0.05) is 25.1 Å². The van der Waals surface area contributed by atoms with Gasteiger partial charge < -0.3 is 11.1 Å². The molecular weight excluding hydrogens is 392 g/mol. The number of fused-ring (bicyclic) bond motifs is 2. The number of pyridine rings is 3. The van der Waals surface area contributed by atoms with Crippen LogP contribution in [0.4, 0.5) is 5.82 Å². The van der Waals surface area contributed by atoms with Crippen molar-refractivity contribution in [3.05, 3.63) is 76.5 Å². The first-order valence-corrected chi connectivity index (χ1v) is 10.5. The van der Waals surface area contributed by atoms with Crippen molar-refractivity contribution >= 4 is 28.4 Å². The van der Waals surface area contributed by atoms with E-state index in [-0.39, 0.29) is 23.1 Å². The van der Waals surface area contributed by atoms with Crippen molar-refractivity contribution < 1.29 is 9.36 Å². The van der Waals surface area contributed by atoms with E-state index >= 15 is 0 Å². The molecule has 4 heterocycles. The number of rotatable bonds is 4. The smallest absolute Gasteiger partial charge is 0.278 e. The van der Waals surface area contributed by atoms with Crippen LogP contribution in [-0.2, 0) is 6.54 Å². The largest absolute Gasteiger partial charge is 0.348 e. The van der Waals surface area contributed by atoms with Crippen LogP contribution in [0.5, 0.6) is 0 Å². The van der Waals surface area contributed by atoms with Crippen LogP contribution in [-0.4, -0.2) is 20.3 Å². The molecule has 1 saturated carbocycles. The molecule has 0 radical (unpaired) electrons. The average molecular weight is 415 g/mol. The minimum absolute atomic E-state index is 0.117. The Labute approximate surface area is 178 Å². The maximum atomic E-state index is 13.2. The molecule has 156 valence electrons. The molecule has 1 amide bonds. The molecule has 4 aromatic rings. The van der Waals surface area contributed by atoms with Gasteiger partial charge in [0.15, 0.2) is 0 Å². The standard InChI is InChI=1S/C23H22N6O2/c24-20-17(22(30)26-14-15-6-5-10-25-13-15)12-18-21(29(20)16-7-1-2-8-16)27-19-9-3-4-11-28(19)23(18)31/h3-6,9-13,16,24H,1-2,7-8,14H2,(H,26,30)/p+1. The number of carbonyl (C=O) groups excluding carboxylic acids is 1. The fourth-order valence-corrected chi connectivity index (χ4v) is 4.36. The van der Waals surface area contributed by atoms with Crippen molar-refractivity contribution in [3.8, 4) is 0 Å². The van der Waals surface area contributed by atoms with Crippen molar-refractivity contribution in [2.24, 2.45) is 0 Å². The van der Waals surface area contributed by atoms with E-state index in [0.29, 0.717) is 29.0 Å². The number of hydrogen-bond acceptors (Lipinski definition) is 5. The Balaban J connectivity index is 1.67. The van der Waals surface area contributed by atoms with Gasteiger partial charge in [-0.2, -0.15) is 0 Å². The summed E-state index contributed by atoms with van der Waals surface area (Å²) in [4.78, 5) is 35.1. The van der Waals surface area contributed by atoms with E-state index in [1.807, 2.05) is 22.8 Å². The van der Waals surface area contributed by atoms with Crippen LogP contribution >= 0.6 is 0 Å². The lowest BCUT2D eigenvalue weighted by Crippen LogP contribution is -2.45. The Hall–Kier alpha value is -3.81. The van der Waals surface area contributed by atoms with Crippen molar-refractivity contribution in [3.63, 3.8) is 0 Å². The molecule has 5 rings (SSSR count). The van der Waals surface area contributed by atoms with Crippen molar-refractivity contribution in [2.75, 3.05) is 5.73 Å². The quantitative estimate of drug-likeness (QED) is 0.392. The molecule has 0 aromatic carbocycles. The molecule has 8 heteroatoms. The van der Waals surface area contributed by atoms with E-state index in [4.69, 9.17) is 10.7 Å². The van der Waals surface area contributed by atoms with E-state index < -0.39 is 0 Å². The summed E-state index contributed by atoms with van der Waals surface area (Å²) < 4.78 is 3.39. The minimum Gasteiger partial charge on any atom is -0.348 e. The molecule has 4 aromatic heterocycles. The van der Waals surface area contributed by atoms with Gasteiger partial charge >= 0.3 is 0 Å². The monoisotopic (exact) mass is 415 g/mol. The van der Waals surface area contributed by atoms with Crippen LogP contribution in [0.3, 0.4) is 0 Å². The maximum Gasteiger partial charge on any atom is 0.278 e. The summed E-state index contributed by atoms with van der Waals surface area (Å²) in [5, 5.41) is 3.28. The van der Waals surface area contributed by atoms with Gasteiger partial charge in [-0.05, 0) is 55.5 Å². The van der Waals surface area contributed by atoms with Gasteiger partial charge in [-0.3, -0.25) is 19.0 Å². The van der Waals surface area contributed by atoms with Gasteiger partial charge in [-0.15, -0.1) is 0 Å². The topological polar surface area (TPSA) is 106 Å². The van der Waals surface area contributed by atoms with Gasteiger partial charge in [-0.1, -0.05) is 17.1 Å². The molecule has 3 N–H and O–H groups in total. The highest BCUT2D eigenvalue weighted by Gasteiger charge is 2.30. The number of nitrogens with two attached hydrogens (primary N) is 1. The fourth-order valence-electron chi connectivity index (χ4n) is 4.36. The Kier molecular flexibility index (Phi) is 4.82. The van der Waals surface area contributed by atoms with Crippen molar-refractivity contribution in [1.82, 2.24) is 19.7 Å². The van der Waals surface area contributed by atoms with E-state index in [1.165, 1.54) is 4.40 Å². The summed E-state index contributed by atoms with van der Waals surface area (Å²) in [7, 11) is 0. The zero-order valence-electron chi connectivity index (χ0n) is 17.0. The summed E-state index contributed by atoms with van der Waals surface area (Å²) in [6.45, 7) is 0.322. The Morgan fingerprint density at radius 3 is 2.84 bits per heavy atom. The van der Waals surface area contributed by atoms with Crippen LogP contribution in [0.25, 0.3) is 16.7 Å². The predicted molar refractivity (Wildman–Crippen MR) is 116 cm³/mol. The summed E-state index contributed by atoms with van der Waals surface area (Å²) in [5.41, 5.74) is 8.58. The van der Waals surface area contributed by atoms with E-state index in [0.717, 1.165) is 31.2 Å². The maximum absolute atomic E-state index is 13.2. The van der Waals surface area contributed by atoms with E-state index in [1.54, 1.807) is 36.8 Å². The highest BCUT2D eigenvalue weighted by atomic mass is 16.1. The highest BCUT2D eigenvalue weighted by Crippen LogP contribution is 2.28. The first-order chi connectivity index (χ1) is 15.1. The first-order valence-electron chi connectivity index (χ1n) is 10.5. The minimum atomic E-state index is -0.326. The van der Waals surface area contributed by atoms with E-state index in [9.17, 15) is 9.59 Å². The third-order valence-corrected chi connectivity index (χ3v) is 5.91. The molecule has 1 fully saturated rings. The molecule has 0 unspecified atom stereocenters. The molecular formula is C23H23N6O2+. The fraction of sp³-hybridized carbons (Fsp3) is 0.261. The van der Waals surface area contributed by atoms with E-state index in [2.05, 4.69) is 10.3 Å². The molecule has 0 bridgehead atoms. The number of carbonyl (C=O) groups is 1. The molecule has 0 spiro atoms. The number of nitrogen functional groups attached to an aromatic ring is 1. The number of nitrogens with one attached hydrogen (secondary N) is 1. The number of nitrogens with zero attached hydrogens (tertiary/aromatic N) is 4. The Bertz CT molecular complexity index is 1340. The Morgan fingerprint density at radius 1 is 1.23 bits per heavy atom. The second-order valence-electron chi connectivity index (χ2n) is 7.88. The summed E-state index contributed by atoms with van der Waals surface area (Å²) in [6, 6.07) is 10.8. The number of anilines is 1. The third-order valence-electron chi connectivity index (χ3n) is 5.91. The molecule has 8 nitrogen and oxygen atoms in total. The zero-order chi connectivity index (χ0) is 21.4. The van der Waals surface area contributed by atoms with Crippen LogP contribution in [0.2, 0.25) is 0 Å². The summed E-state index contributed by atoms with van der Waals surface area (Å²) in [5.74, 6) is 0.0165. The lowest BCUT2D eigenvalue weighted by atomic mass is 10.1. The molecule has 1 aliphatic carbocycles. The lowest BCUT2D eigenvalue weighted by Gasteiger charge is -2.16. The summed E-state index contributed by atoms with van der Waals surface area (Å²) in [6.07, 6.45) is 9.13. The second-order valence-corrected chi connectivity index (χ2v) is 7.88. The molecule has 31 heavy (non-hydrogen) atoms. The van der Waals surface area contributed by atoms with Gasteiger partial charge in [0.05, 0.1) is 6.04 Å². The number of amides is 1. The Morgan fingerprint density at radius 2 is 2.06 bits per heavy atom. The van der Waals surface area contributed by atoms with Gasteiger partial charge in [0.25, 0.3) is 17.1 Å². The number of hydrogen-bond donors (Lipinski definition) is 2. The van der Waals surface area contributed by atoms with Gasteiger partial charge in [0.2, 0.25) is 11.5 Å².